The molecule has 1 aliphatic rings. The topological polar surface area (TPSA) is 43.2 Å². The fraction of sp³-hybridized carbons (Fsp3) is 0.857. The van der Waals surface area contributed by atoms with Crippen LogP contribution in [0.2, 0.25) is 0 Å². The molecule has 0 N–H and O–H groups in total. The van der Waals surface area contributed by atoms with Crippen molar-refractivity contribution in [2.24, 2.45) is 0 Å². The number of aryl methyl sites for hydroxylation is 1. The summed E-state index contributed by atoms with van der Waals surface area (Å²) in [7, 11) is 0. The van der Waals surface area contributed by atoms with E-state index in [-0.39, 0.29) is 5.60 Å². The van der Waals surface area contributed by atoms with Gasteiger partial charge < -0.3 is 4.74 Å². The lowest BCUT2D eigenvalue weighted by molar-refractivity contribution is -0.0842. The normalized spacial score (nSPS) is 22.9. The average molecular weight is 266 g/mol. The molecule has 0 saturated carbocycles. The summed E-state index contributed by atoms with van der Waals surface area (Å²) >= 11 is 0. The highest BCUT2D eigenvalue weighted by Gasteiger charge is 2.32. The van der Waals surface area contributed by atoms with Gasteiger partial charge in [-0.15, -0.1) is 0 Å². The summed E-state index contributed by atoms with van der Waals surface area (Å²) in [5.74, 6) is 1.06. The van der Waals surface area contributed by atoms with Crippen molar-refractivity contribution in [1.82, 2.24) is 19.7 Å². The molecule has 108 valence electrons. The van der Waals surface area contributed by atoms with Crippen LogP contribution in [0, 0.1) is 0 Å². The smallest absolute Gasteiger partial charge is 0.141 e. The molecular formula is C14H26N4O. The zero-order valence-electron chi connectivity index (χ0n) is 12.6. The Kier molecular flexibility index (Phi) is 4.58. The fourth-order valence-corrected chi connectivity index (χ4v) is 2.87. The van der Waals surface area contributed by atoms with E-state index in [0.717, 1.165) is 44.9 Å². The van der Waals surface area contributed by atoms with Gasteiger partial charge in [-0.25, -0.2) is 9.67 Å². The van der Waals surface area contributed by atoms with E-state index >= 15 is 0 Å². The molecule has 2 heterocycles. The minimum absolute atomic E-state index is 0.00519. The summed E-state index contributed by atoms with van der Waals surface area (Å²) in [5.41, 5.74) is -0.00519. The van der Waals surface area contributed by atoms with E-state index in [1.54, 1.807) is 6.33 Å². The molecule has 0 amide bonds. The molecule has 5 heteroatoms. The Balaban J connectivity index is 2.04. The van der Waals surface area contributed by atoms with Crippen LogP contribution in [0.15, 0.2) is 6.33 Å². The van der Waals surface area contributed by atoms with Gasteiger partial charge in [-0.05, 0) is 40.2 Å². The van der Waals surface area contributed by atoms with E-state index < -0.39 is 0 Å². The second kappa shape index (κ2) is 6.01. The second-order valence-corrected chi connectivity index (χ2v) is 5.81. The summed E-state index contributed by atoms with van der Waals surface area (Å²) in [6, 6.07) is 0.579. The third-order valence-electron chi connectivity index (χ3n) is 3.93. The van der Waals surface area contributed by atoms with Crippen molar-refractivity contribution >= 4 is 0 Å². The fourth-order valence-electron chi connectivity index (χ4n) is 2.87. The van der Waals surface area contributed by atoms with Gasteiger partial charge in [-0.2, -0.15) is 5.10 Å². The predicted molar refractivity (Wildman–Crippen MR) is 74.8 cm³/mol. The Labute approximate surface area is 116 Å². The highest BCUT2D eigenvalue weighted by Crippen LogP contribution is 2.27. The molecule has 0 aliphatic carbocycles. The molecule has 1 aromatic rings. The Hall–Kier alpha value is -0.940. The molecule has 0 radical (unpaired) electrons. The van der Waals surface area contributed by atoms with Crippen molar-refractivity contribution in [3.8, 4) is 0 Å². The highest BCUT2D eigenvalue weighted by molar-refractivity contribution is 4.89. The minimum Gasteiger partial charge on any atom is -0.375 e. The first-order chi connectivity index (χ1) is 9.05. The zero-order chi connectivity index (χ0) is 13.9. The largest absolute Gasteiger partial charge is 0.375 e. The van der Waals surface area contributed by atoms with E-state index in [0.29, 0.717) is 6.04 Å². The number of nitrogens with zero attached hydrogens (tertiary/aromatic N) is 4. The van der Waals surface area contributed by atoms with Crippen LogP contribution in [0.25, 0.3) is 0 Å². The van der Waals surface area contributed by atoms with Gasteiger partial charge in [0.2, 0.25) is 0 Å². The molecular weight excluding hydrogens is 240 g/mol. The SMILES string of the molecule is CCN(Cc1ncnn1CC)C1CCOC(C)(C)C1. The highest BCUT2D eigenvalue weighted by atomic mass is 16.5. The molecule has 5 nitrogen and oxygen atoms in total. The van der Waals surface area contributed by atoms with E-state index in [4.69, 9.17) is 4.74 Å². The van der Waals surface area contributed by atoms with E-state index in [9.17, 15) is 0 Å². The monoisotopic (exact) mass is 266 g/mol. The van der Waals surface area contributed by atoms with E-state index in [2.05, 4.69) is 42.7 Å². The van der Waals surface area contributed by atoms with Crippen LogP contribution in [-0.4, -0.2) is 44.5 Å². The Morgan fingerprint density at radius 3 is 2.89 bits per heavy atom. The summed E-state index contributed by atoms with van der Waals surface area (Å²) in [4.78, 5) is 6.89. The summed E-state index contributed by atoms with van der Waals surface area (Å²) in [5, 5.41) is 4.25. The lowest BCUT2D eigenvalue weighted by Crippen LogP contribution is -2.46. The average Bonchev–Trinajstić information content (AvgIpc) is 2.81. The third kappa shape index (κ3) is 3.54. The van der Waals surface area contributed by atoms with Gasteiger partial charge in [0.05, 0.1) is 12.1 Å². The lowest BCUT2D eigenvalue weighted by Gasteiger charge is -2.40. The molecule has 2 rings (SSSR count). The van der Waals surface area contributed by atoms with E-state index in [1.165, 1.54) is 0 Å². The molecule has 1 fully saturated rings. The number of hydrogen-bond acceptors (Lipinski definition) is 4. The molecule has 0 aromatic carbocycles. The number of rotatable bonds is 5. The molecule has 1 aromatic heterocycles. The molecule has 0 bridgehead atoms. The number of aromatic nitrogens is 3. The van der Waals surface area contributed by atoms with Gasteiger partial charge >= 0.3 is 0 Å². The molecule has 1 unspecified atom stereocenters. The predicted octanol–water partition coefficient (Wildman–Crippen LogP) is 2.08. The van der Waals surface area contributed by atoms with Crippen molar-refractivity contribution < 1.29 is 4.74 Å². The van der Waals surface area contributed by atoms with Gasteiger partial charge in [-0.1, -0.05) is 6.92 Å². The van der Waals surface area contributed by atoms with Crippen molar-refractivity contribution in [1.29, 1.82) is 0 Å². The van der Waals surface area contributed by atoms with Crippen LogP contribution < -0.4 is 0 Å². The maximum atomic E-state index is 5.81. The van der Waals surface area contributed by atoms with Crippen LogP contribution in [0.3, 0.4) is 0 Å². The molecule has 19 heavy (non-hydrogen) atoms. The first kappa shape index (κ1) is 14.5. The van der Waals surface area contributed by atoms with Gasteiger partial charge in [0, 0.05) is 19.2 Å². The molecule has 0 spiro atoms. The summed E-state index contributed by atoms with van der Waals surface area (Å²) in [6.07, 6.45) is 3.85. The Morgan fingerprint density at radius 2 is 2.26 bits per heavy atom. The number of ether oxygens (including phenoxy) is 1. The van der Waals surface area contributed by atoms with Crippen LogP contribution >= 0.6 is 0 Å². The van der Waals surface area contributed by atoms with E-state index in [1.807, 2.05) is 4.68 Å². The van der Waals surface area contributed by atoms with Gasteiger partial charge in [0.25, 0.3) is 0 Å². The van der Waals surface area contributed by atoms with Crippen molar-refractivity contribution in [3.05, 3.63) is 12.2 Å². The summed E-state index contributed by atoms with van der Waals surface area (Å²) in [6.45, 7) is 12.3. The van der Waals surface area contributed by atoms with Crippen LogP contribution in [0.4, 0.5) is 0 Å². The molecule has 1 aliphatic heterocycles. The summed E-state index contributed by atoms with van der Waals surface area (Å²) < 4.78 is 7.79. The van der Waals surface area contributed by atoms with Gasteiger partial charge in [0.1, 0.15) is 12.2 Å². The van der Waals surface area contributed by atoms with Crippen LogP contribution in [0.1, 0.15) is 46.4 Å². The van der Waals surface area contributed by atoms with Gasteiger partial charge in [-0.3, -0.25) is 4.90 Å². The zero-order valence-corrected chi connectivity index (χ0v) is 12.6. The first-order valence-electron chi connectivity index (χ1n) is 7.30. The van der Waals surface area contributed by atoms with Gasteiger partial charge in [0.15, 0.2) is 0 Å². The quantitative estimate of drug-likeness (QED) is 0.818. The maximum Gasteiger partial charge on any atom is 0.141 e. The third-order valence-corrected chi connectivity index (χ3v) is 3.93. The van der Waals surface area contributed by atoms with Crippen LogP contribution in [0.5, 0.6) is 0 Å². The van der Waals surface area contributed by atoms with Crippen LogP contribution in [-0.2, 0) is 17.8 Å². The van der Waals surface area contributed by atoms with Crippen molar-refractivity contribution in [3.63, 3.8) is 0 Å². The number of hydrogen-bond donors (Lipinski definition) is 0. The standard InChI is InChI=1S/C14H26N4O/c1-5-17(10-13-15-11-16-18(13)6-2)12-7-8-19-14(3,4)9-12/h11-12H,5-10H2,1-4H3. The Morgan fingerprint density at radius 1 is 1.47 bits per heavy atom. The van der Waals surface area contributed by atoms with Crippen molar-refractivity contribution in [2.75, 3.05) is 13.2 Å². The molecule has 1 saturated heterocycles. The maximum absolute atomic E-state index is 5.81. The minimum atomic E-state index is -0.00519. The second-order valence-electron chi connectivity index (χ2n) is 5.81. The Bertz CT molecular complexity index is 402. The first-order valence-corrected chi connectivity index (χ1v) is 7.30. The molecule has 1 atom stereocenters. The lowest BCUT2D eigenvalue weighted by atomic mass is 9.93. The van der Waals surface area contributed by atoms with Crippen molar-refractivity contribution in [2.45, 2.75) is 65.3 Å².